The second kappa shape index (κ2) is 7.43. The number of rotatable bonds is 4. The lowest BCUT2D eigenvalue weighted by atomic mass is 10.1. The minimum Gasteiger partial charge on any atom is -0.336 e. The molecule has 7 heteroatoms. The van der Waals surface area contributed by atoms with Gasteiger partial charge in [-0.2, -0.15) is 0 Å². The van der Waals surface area contributed by atoms with Crippen molar-refractivity contribution in [1.82, 2.24) is 10.6 Å². The number of hydrogen-bond acceptors (Lipinski definition) is 4. The van der Waals surface area contributed by atoms with Crippen LogP contribution in [0.1, 0.15) is 11.1 Å². The van der Waals surface area contributed by atoms with Crippen molar-refractivity contribution in [2.75, 3.05) is 0 Å². The maximum Gasteiger partial charge on any atom is 0.269 e. The molecule has 0 spiro atoms. The fourth-order valence-corrected chi connectivity index (χ4v) is 2.42. The number of carbonyl (C=O) groups excluding carboxylic acids is 2. The van der Waals surface area contributed by atoms with Crippen LogP contribution in [0.15, 0.2) is 66.4 Å². The molecule has 0 bridgehead atoms. The molecule has 2 amide bonds. The molecule has 26 heavy (non-hydrogen) atoms. The average Bonchev–Trinajstić information content (AvgIpc) is 2.64. The van der Waals surface area contributed by atoms with Crippen LogP contribution in [0.25, 0.3) is 12.2 Å². The quantitative estimate of drug-likeness (QED) is 0.502. The van der Waals surface area contributed by atoms with Crippen LogP contribution < -0.4 is 10.6 Å². The topological polar surface area (TPSA) is 101 Å². The number of amides is 2. The van der Waals surface area contributed by atoms with Crippen LogP contribution >= 0.6 is 0 Å². The summed E-state index contributed by atoms with van der Waals surface area (Å²) in [6, 6.07) is 14.3. The van der Waals surface area contributed by atoms with Gasteiger partial charge in [0.2, 0.25) is 0 Å². The maximum atomic E-state index is 12.2. The third kappa shape index (κ3) is 4.02. The van der Waals surface area contributed by atoms with Gasteiger partial charge >= 0.3 is 0 Å². The van der Waals surface area contributed by atoms with E-state index in [1.807, 2.05) is 30.3 Å². The van der Waals surface area contributed by atoms with Gasteiger partial charge in [0.05, 0.1) is 4.92 Å². The molecular formula is C19H15N3O4. The number of non-ortho nitro benzene ring substituents is 1. The summed E-state index contributed by atoms with van der Waals surface area (Å²) in [5.74, 6) is -0.782. The Labute approximate surface area is 149 Å². The molecule has 1 fully saturated rings. The summed E-state index contributed by atoms with van der Waals surface area (Å²) in [6.45, 7) is 0. The Balaban J connectivity index is 1.72. The monoisotopic (exact) mass is 349 g/mol. The molecule has 1 aliphatic rings. The van der Waals surface area contributed by atoms with Crippen molar-refractivity contribution in [1.29, 1.82) is 0 Å². The van der Waals surface area contributed by atoms with Crippen LogP contribution in [0, 0.1) is 10.1 Å². The second-order valence-electron chi connectivity index (χ2n) is 5.62. The van der Waals surface area contributed by atoms with E-state index in [2.05, 4.69) is 10.6 Å². The predicted molar refractivity (Wildman–Crippen MR) is 96.6 cm³/mol. The van der Waals surface area contributed by atoms with Crippen LogP contribution in [-0.4, -0.2) is 22.8 Å². The van der Waals surface area contributed by atoms with Crippen molar-refractivity contribution in [3.05, 3.63) is 87.6 Å². The normalized spacial score (nSPS) is 18.6. The number of nitrogens with zero attached hydrogens (tertiary/aromatic N) is 1. The first-order valence-electron chi connectivity index (χ1n) is 7.84. The van der Waals surface area contributed by atoms with Crippen LogP contribution in [0.4, 0.5) is 5.69 Å². The third-order valence-corrected chi connectivity index (χ3v) is 3.77. The van der Waals surface area contributed by atoms with E-state index < -0.39 is 16.9 Å². The highest BCUT2D eigenvalue weighted by atomic mass is 16.6. The van der Waals surface area contributed by atoms with Gasteiger partial charge < -0.3 is 10.6 Å². The zero-order valence-corrected chi connectivity index (χ0v) is 13.6. The largest absolute Gasteiger partial charge is 0.336 e. The Hall–Kier alpha value is -3.74. The number of nitrogens with one attached hydrogen (secondary N) is 2. The summed E-state index contributed by atoms with van der Waals surface area (Å²) in [7, 11) is 0. The van der Waals surface area contributed by atoms with E-state index >= 15 is 0 Å². The Morgan fingerprint density at radius 1 is 0.962 bits per heavy atom. The lowest BCUT2D eigenvalue weighted by Gasteiger charge is -2.22. The van der Waals surface area contributed by atoms with Gasteiger partial charge in [-0.3, -0.25) is 19.7 Å². The first-order valence-corrected chi connectivity index (χ1v) is 7.84. The SMILES string of the molecule is O=C1NC(C=Cc2ccccc2)C(=O)NC1=Cc1ccc([N+](=O)[O-])cc1. The van der Waals surface area contributed by atoms with Gasteiger partial charge in [0.1, 0.15) is 11.7 Å². The fourth-order valence-electron chi connectivity index (χ4n) is 2.42. The molecule has 0 aromatic heterocycles. The van der Waals surface area contributed by atoms with Gasteiger partial charge in [-0.05, 0) is 29.3 Å². The van der Waals surface area contributed by atoms with Crippen molar-refractivity contribution in [3.63, 3.8) is 0 Å². The molecule has 0 radical (unpaired) electrons. The van der Waals surface area contributed by atoms with E-state index in [1.165, 1.54) is 30.3 Å². The number of nitro benzene ring substituents is 1. The second-order valence-corrected chi connectivity index (χ2v) is 5.62. The smallest absolute Gasteiger partial charge is 0.269 e. The van der Waals surface area contributed by atoms with E-state index in [-0.39, 0.29) is 17.3 Å². The van der Waals surface area contributed by atoms with Crippen molar-refractivity contribution >= 4 is 29.7 Å². The summed E-state index contributed by atoms with van der Waals surface area (Å²) in [5, 5.41) is 15.8. The highest BCUT2D eigenvalue weighted by Gasteiger charge is 2.27. The predicted octanol–water partition coefficient (Wildman–Crippen LogP) is 2.26. The molecule has 1 aliphatic heterocycles. The number of nitro groups is 1. The first kappa shape index (κ1) is 17.1. The van der Waals surface area contributed by atoms with Gasteiger partial charge in [-0.15, -0.1) is 0 Å². The Kier molecular flexibility index (Phi) is 4.89. The number of piperazine rings is 1. The van der Waals surface area contributed by atoms with Crippen LogP contribution in [0.3, 0.4) is 0 Å². The van der Waals surface area contributed by atoms with Gasteiger partial charge in [-0.25, -0.2) is 0 Å². The number of hydrogen-bond donors (Lipinski definition) is 2. The van der Waals surface area contributed by atoms with E-state index in [0.717, 1.165) is 5.56 Å². The van der Waals surface area contributed by atoms with Crippen LogP contribution in [-0.2, 0) is 9.59 Å². The Morgan fingerprint density at radius 3 is 2.31 bits per heavy atom. The number of benzene rings is 2. The summed E-state index contributed by atoms with van der Waals surface area (Å²) in [4.78, 5) is 34.6. The molecule has 2 aromatic carbocycles. The van der Waals surface area contributed by atoms with Crippen molar-refractivity contribution in [2.24, 2.45) is 0 Å². The fraction of sp³-hybridized carbons (Fsp3) is 0.0526. The van der Waals surface area contributed by atoms with Crippen molar-refractivity contribution < 1.29 is 14.5 Å². The molecule has 0 aliphatic carbocycles. The van der Waals surface area contributed by atoms with E-state index in [0.29, 0.717) is 5.56 Å². The van der Waals surface area contributed by atoms with Crippen LogP contribution in [0.2, 0.25) is 0 Å². The molecule has 2 aromatic rings. The first-order chi connectivity index (χ1) is 12.5. The summed E-state index contributed by atoms with van der Waals surface area (Å²) in [6.07, 6.45) is 4.84. The molecule has 7 nitrogen and oxygen atoms in total. The highest BCUT2D eigenvalue weighted by molar-refractivity contribution is 6.08. The molecule has 1 saturated heterocycles. The van der Waals surface area contributed by atoms with Gasteiger partial charge in [-0.1, -0.05) is 42.5 Å². The van der Waals surface area contributed by atoms with Gasteiger partial charge in [0.15, 0.2) is 0 Å². The lowest BCUT2D eigenvalue weighted by Crippen LogP contribution is -2.53. The standard InChI is InChI=1S/C19H15N3O4/c23-18-16(11-8-13-4-2-1-3-5-13)20-19(24)17(21-18)12-14-6-9-15(10-7-14)22(25)26/h1-12,16H,(H,20,24)(H,21,23). The minimum absolute atomic E-state index is 0.0459. The zero-order chi connectivity index (χ0) is 18.5. The molecule has 3 rings (SSSR count). The Morgan fingerprint density at radius 2 is 1.65 bits per heavy atom. The van der Waals surface area contributed by atoms with E-state index in [9.17, 15) is 19.7 Å². The highest BCUT2D eigenvalue weighted by Crippen LogP contribution is 2.15. The molecule has 130 valence electrons. The summed E-state index contributed by atoms with van der Waals surface area (Å²) in [5.41, 5.74) is 1.53. The minimum atomic E-state index is -0.767. The molecule has 1 atom stereocenters. The number of carbonyl (C=O) groups is 2. The molecule has 0 saturated carbocycles. The van der Waals surface area contributed by atoms with E-state index in [1.54, 1.807) is 12.2 Å². The van der Waals surface area contributed by atoms with Crippen LogP contribution in [0.5, 0.6) is 0 Å². The summed E-state index contributed by atoms with van der Waals surface area (Å²) >= 11 is 0. The molecule has 1 unspecified atom stereocenters. The Bertz CT molecular complexity index is 902. The molecule has 2 N–H and O–H groups in total. The molecular weight excluding hydrogens is 334 g/mol. The van der Waals surface area contributed by atoms with Gasteiger partial charge in [0.25, 0.3) is 17.5 Å². The van der Waals surface area contributed by atoms with Gasteiger partial charge in [0, 0.05) is 12.1 Å². The van der Waals surface area contributed by atoms with E-state index in [4.69, 9.17) is 0 Å². The average molecular weight is 349 g/mol. The third-order valence-electron chi connectivity index (χ3n) is 3.77. The van der Waals surface area contributed by atoms with Crippen molar-refractivity contribution in [2.45, 2.75) is 6.04 Å². The summed E-state index contributed by atoms with van der Waals surface area (Å²) < 4.78 is 0. The lowest BCUT2D eigenvalue weighted by molar-refractivity contribution is -0.384. The molecule has 1 heterocycles. The van der Waals surface area contributed by atoms with Crippen molar-refractivity contribution in [3.8, 4) is 0 Å². The zero-order valence-electron chi connectivity index (χ0n) is 13.6. The maximum absolute atomic E-state index is 12.2.